The fourth-order valence-electron chi connectivity index (χ4n) is 1.45. The van der Waals surface area contributed by atoms with Crippen LogP contribution >= 0.6 is 11.6 Å². The van der Waals surface area contributed by atoms with Crippen molar-refractivity contribution in [3.05, 3.63) is 46.6 Å². The molecule has 2 rings (SSSR count). The minimum atomic E-state index is -1.26. The molecule has 0 spiro atoms. The summed E-state index contributed by atoms with van der Waals surface area (Å²) < 4.78 is 5.45. The van der Waals surface area contributed by atoms with Gasteiger partial charge in [0.05, 0.1) is 10.7 Å². The normalized spacial score (nSPS) is 10.2. The molecule has 1 heterocycles. The van der Waals surface area contributed by atoms with Crippen LogP contribution in [0.3, 0.4) is 0 Å². The molecule has 19 heavy (non-hydrogen) atoms. The number of rotatable bonds is 3. The first kappa shape index (κ1) is 13.2. The Morgan fingerprint density at radius 3 is 2.58 bits per heavy atom. The number of ether oxygens (including phenoxy) is 1. The molecular formula is C13H11ClN2O3. The lowest BCUT2D eigenvalue weighted by Crippen LogP contribution is -2.05. The van der Waals surface area contributed by atoms with Gasteiger partial charge in [-0.15, -0.1) is 0 Å². The molecule has 0 aliphatic rings. The summed E-state index contributed by atoms with van der Waals surface area (Å²) in [5, 5.41) is 8.87. The Morgan fingerprint density at radius 2 is 2.00 bits per heavy atom. The van der Waals surface area contributed by atoms with Crippen LogP contribution in [0.5, 0.6) is 11.6 Å². The van der Waals surface area contributed by atoms with Crippen molar-refractivity contribution in [3.63, 3.8) is 0 Å². The zero-order chi connectivity index (χ0) is 14.0. The monoisotopic (exact) mass is 278 g/mol. The van der Waals surface area contributed by atoms with Gasteiger partial charge in [0, 0.05) is 6.07 Å². The topological polar surface area (TPSA) is 85.4 Å². The third-order valence-electron chi connectivity index (χ3n) is 2.41. The maximum Gasteiger partial charge on any atom is 0.356 e. The molecule has 0 aliphatic heterocycles. The van der Waals surface area contributed by atoms with Gasteiger partial charge in [0.1, 0.15) is 5.75 Å². The van der Waals surface area contributed by atoms with E-state index in [4.69, 9.17) is 27.2 Å². The Kier molecular flexibility index (Phi) is 3.57. The highest BCUT2D eigenvalue weighted by Gasteiger charge is 2.16. The largest absolute Gasteiger partial charge is 0.476 e. The summed E-state index contributed by atoms with van der Waals surface area (Å²) in [5.41, 5.74) is 6.48. The highest BCUT2D eigenvalue weighted by Crippen LogP contribution is 2.28. The predicted molar refractivity (Wildman–Crippen MR) is 71.9 cm³/mol. The molecule has 1 aromatic carbocycles. The molecule has 0 fully saturated rings. The van der Waals surface area contributed by atoms with Crippen molar-refractivity contribution in [2.75, 3.05) is 5.73 Å². The maximum absolute atomic E-state index is 11.0. The maximum atomic E-state index is 11.0. The number of aromatic nitrogens is 1. The van der Waals surface area contributed by atoms with E-state index < -0.39 is 5.97 Å². The molecule has 0 saturated carbocycles. The van der Waals surface area contributed by atoms with Crippen LogP contribution in [-0.2, 0) is 0 Å². The van der Waals surface area contributed by atoms with Crippen LogP contribution in [0.4, 0.5) is 5.69 Å². The summed E-state index contributed by atoms with van der Waals surface area (Å²) in [7, 11) is 0. The van der Waals surface area contributed by atoms with E-state index in [1.54, 1.807) is 12.1 Å². The van der Waals surface area contributed by atoms with Gasteiger partial charge in [0.2, 0.25) is 5.88 Å². The van der Waals surface area contributed by atoms with Gasteiger partial charge in [-0.2, -0.15) is 0 Å². The molecule has 0 amide bonds. The standard InChI is InChI=1S/C13H11ClN2O3/c1-7-2-4-8(5-3-7)19-10-6-9(15)11(14)12(16-10)13(17)18/h2-6H,1H3,(H2,15,16)(H,17,18). The van der Waals surface area contributed by atoms with Crippen molar-refractivity contribution in [1.29, 1.82) is 0 Å². The van der Waals surface area contributed by atoms with Crippen LogP contribution in [0.25, 0.3) is 0 Å². The van der Waals surface area contributed by atoms with Gasteiger partial charge in [0.25, 0.3) is 0 Å². The Morgan fingerprint density at radius 1 is 1.37 bits per heavy atom. The van der Waals surface area contributed by atoms with Crippen LogP contribution in [0.1, 0.15) is 16.1 Å². The number of nitrogens with two attached hydrogens (primary N) is 1. The summed E-state index contributed by atoms with van der Waals surface area (Å²) in [6.07, 6.45) is 0. The average molecular weight is 279 g/mol. The molecule has 0 atom stereocenters. The molecule has 1 aromatic heterocycles. The van der Waals surface area contributed by atoms with Crippen molar-refractivity contribution in [2.45, 2.75) is 6.92 Å². The highest BCUT2D eigenvalue weighted by molar-refractivity contribution is 6.35. The summed E-state index contributed by atoms with van der Waals surface area (Å²) in [6, 6.07) is 8.62. The Labute approximate surface area is 114 Å². The van der Waals surface area contributed by atoms with Gasteiger partial charge >= 0.3 is 5.97 Å². The number of pyridine rings is 1. The minimum absolute atomic E-state index is 0.0863. The SMILES string of the molecule is Cc1ccc(Oc2cc(N)c(Cl)c(C(=O)O)n2)cc1. The van der Waals surface area contributed by atoms with Crippen LogP contribution in [0.2, 0.25) is 5.02 Å². The van der Waals surface area contributed by atoms with Crippen molar-refractivity contribution in [1.82, 2.24) is 4.98 Å². The molecule has 98 valence electrons. The number of benzene rings is 1. The van der Waals surface area contributed by atoms with E-state index in [2.05, 4.69) is 4.98 Å². The number of carboxylic acid groups (broad SMARTS) is 1. The third-order valence-corrected chi connectivity index (χ3v) is 2.81. The first-order chi connectivity index (χ1) is 8.97. The van der Waals surface area contributed by atoms with Gasteiger partial charge in [-0.25, -0.2) is 9.78 Å². The summed E-state index contributed by atoms with van der Waals surface area (Å²) in [4.78, 5) is 14.8. The van der Waals surface area contributed by atoms with Crippen molar-refractivity contribution < 1.29 is 14.6 Å². The number of hydrogen-bond acceptors (Lipinski definition) is 4. The van der Waals surface area contributed by atoms with Crippen LogP contribution in [-0.4, -0.2) is 16.1 Å². The smallest absolute Gasteiger partial charge is 0.356 e. The van der Waals surface area contributed by atoms with E-state index in [0.717, 1.165) is 5.56 Å². The van der Waals surface area contributed by atoms with E-state index in [0.29, 0.717) is 5.75 Å². The summed E-state index contributed by atoms with van der Waals surface area (Å²) in [6.45, 7) is 1.95. The fourth-order valence-corrected chi connectivity index (χ4v) is 1.62. The van der Waals surface area contributed by atoms with Crippen molar-refractivity contribution in [3.8, 4) is 11.6 Å². The zero-order valence-corrected chi connectivity index (χ0v) is 10.8. The van der Waals surface area contributed by atoms with Gasteiger partial charge < -0.3 is 15.6 Å². The first-order valence-electron chi connectivity index (χ1n) is 5.41. The number of aryl methyl sites for hydroxylation is 1. The molecule has 3 N–H and O–H groups in total. The quantitative estimate of drug-likeness (QED) is 0.901. The van der Waals surface area contributed by atoms with E-state index in [1.807, 2.05) is 19.1 Å². The van der Waals surface area contributed by atoms with Crippen LogP contribution in [0.15, 0.2) is 30.3 Å². The third kappa shape index (κ3) is 2.95. The second kappa shape index (κ2) is 5.16. The van der Waals surface area contributed by atoms with Gasteiger partial charge in [-0.3, -0.25) is 0 Å². The Hall–Kier alpha value is -2.27. The first-order valence-corrected chi connectivity index (χ1v) is 5.79. The van der Waals surface area contributed by atoms with E-state index in [-0.39, 0.29) is 22.3 Å². The van der Waals surface area contributed by atoms with E-state index >= 15 is 0 Å². The number of nitrogen functional groups attached to an aromatic ring is 1. The number of carbonyl (C=O) groups is 1. The van der Waals surface area contributed by atoms with Crippen LogP contribution in [0, 0.1) is 6.92 Å². The molecule has 0 saturated heterocycles. The number of carboxylic acids is 1. The summed E-state index contributed by atoms with van der Waals surface area (Å²) in [5.74, 6) is -0.634. The lowest BCUT2D eigenvalue weighted by molar-refractivity contribution is 0.0690. The highest BCUT2D eigenvalue weighted by atomic mass is 35.5. The molecule has 0 bridgehead atoms. The molecule has 0 aliphatic carbocycles. The Balaban J connectivity index is 2.35. The summed E-state index contributed by atoms with van der Waals surface area (Å²) >= 11 is 5.76. The number of hydrogen-bond donors (Lipinski definition) is 2. The molecule has 0 radical (unpaired) electrons. The molecule has 5 nitrogen and oxygen atoms in total. The van der Waals surface area contributed by atoms with Gasteiger partial charge in [0.15, 0.2) is 5.69 Å². The van der Waals surface area contributed by atoms with Crippen LogP contribution < -0.4 is 10.5 Å². The van der Waals surface area contributed by atoms with Gasteiger partial charge in [-0.05, 0) is 19.1 Å². The number of aromatic carboxylic acids is 1. The number of nitrogens with zero attached hydrogens (tertiary/aromatic N) is 1. The van der Waals surface area contributed by atoms with Gasteiger partial charge in [-0.1, -0.05) is 29.3 Å². The number of anilines is 1. The second-order valence-corrected chi connectivity index (χ2v) is 4.31. The molecule has 6 heteroatoms. The predicted octanol–water partition coefficient (Wildman–Crippen LogP) is 3.12. The Bertz CT molecular complexity index is 627. The van der Waals surface area contributed by atoms with Crippen molar-refractivity contribution >= 4 is 23.3 Å². The lowest BCUT2D eigenvalue weighted by atomic mass is 10.2. The van der Waals surface area contributed by atoms with E-state index in [9.17, 15) is 4.79 Å². The molecule has 2 aromatic rings. The second-order valence-electron chi connectivity index (χ2n) is 3.93. The van der Waals surface area contributed by atoms with Crippen molar-refractivity contribution in [2.24, 2.45) is 0 Å². The lowest BCUT2D eigenvalue weighted by Gasteiger charge is -2.08. The fraction of sp³-hybridized carbons (Fsp3) is 0.0769. The number of halogens is 1. The molecule has 0 unspecified atom stereocenters. The van der Waals surface area contributed by atoms with E-state index in [1.165, 1.54) is 6.07 Å². The zero-order valence-electron chi connectivity index (χ0n) is 10.1. The molecular weight excluding hydrogens is 268 g/mol. The average Bonchev–Trinajstić information content (AvgIpc) is 2.36. The minimum Gasteiger partial charge on any atom is -0.476 e.